The van der Waals surface area contributed by atoms with Crippen LogP contribution in [0.25, 0.3) is 0 Å². The van der Waals surface area contributed by atoms with Crippen LogP contribution in [0.15, 0.2) is 24.3 Å². The van der Waals surface area contributed by atoms with Gasteiger partial charge in [0, 0.05) is 6.54 Å². The standard InChI is InChI=1S/C13H17NO2.H3P.H2S/c1-3-14-9-11-7-5-4-6-10(11)8-12(14)13(15)16-2;;/h4-7,12H,3,8-9H2,1-2H3;1H3;1H2. The van der Waals surface area contributed by atoms with E-state index in [1.807, 2.05) is 12.1 Å². The Hall–Kier alpha value is -0.570. The number of benzene rings is 1. The number of carbonyl (C=O) groups excluding carboxylic acids is 1. The van der Waals surface area contributed by atoms with Crippen molar-refractivity contribution in [2.45, 2.75) is 25.9 Å². The largest absolute Gasteiger partial charge is 0.468 e. The van der Waals surface area contributed by atoms with Gasteiger partial charge in [0.15, 0.2) is 0 Å². The number of fused-ring (bicyclic) bond motifs is 1. The van der Waals surface area contributed by atoms with Crippen molar-refractivity contribution in [3.63, 3.8) is 0 Å². The molecule has 0 amide bonds. The van der Waals surface area contributed by atoms with Crippen LogP contribution < -0.4 is 0 Å². The summed E-state index contributed by atoms with van der Waals surface area (Å²) in [5.41, 5.74) is 2.59. The fraction of sp³-hybridized carbons (Fsp3) is 0.462. The first-order valence-corrected chi connectivity index (χ1v) is 5.65. The minimum absolute atomic E-state index is 0. The predicted molar refractivity (Wildman–Crippen MR) is 83.5 cm³/mol. The molecule has 0 spiro atoms. The third kappa shape index (κ3) is 3.47. The number of hydrogen-bond donors (Lipinski definition) is 0. The van der Waals surface area contributed by atoms with Crippen molar-refractivity contribution in [3.05, 3.63) is 35.4 Å². The Kier molecular flexibility index (Phi) is 7.53. The molecule has 5 heteroatoms. The maximum absolute atomic E-state index is 11.7. The van der Waals surface area contributed by atoms with Crippen LogP contribution in [0.1, 0.15) is 18.1 Å². The van der Waals surface area contributed by atoms with Crippen LogP contribution in [0.5, 0.6) is 0 Å². The molecule has 1 aromatic rings. The molecule has 2 atom stereocenters. The SMILES string of the molecule is CCN1Cc2ccccc2CC1C(=O)OC.P.S. The summed E-state index contributed by atoms with van der Waals surface area (Å²) in [6.45, 7) is 3.78. The lowest BCUT2D eigenvalue weighted by atomic mass is 9.94. The van der Waals surface area contributed by atoms with E-state index in [1.165, 1.54) is 18.2 Å². The number of nitrogens with zero attached hydrogens (tertiary/aromatic N) is 1. The van der Waals surface area contributed by atoms with E-state index in [-0.39, 0.29) is 35.4 Å². The molecule has 3 nitrogen and oxygen atoms in total. The van der Waals surface area contributed by atoms with Gasteiger partial charge in [-0.1, -0.05) is 31.2 Å². The predicted octanol–water partition coefficient (Wildman–Crippen LogP) is 1.78. The molecule has 0 aliphatic carbocycles. The molecule has 2 rings (SSSR count). The quantitative estimate of drug-likeness (QED) is 0.613. The monoisotopic (exact) mass is 287 g/mol. The van der Waals surface area contributed by atoms with Crippen molar-refractivity contribution in [2.75, 3.05) is 13.7 Å². The maximum atomic E-state index is 11.7. The summed E-state index contributed by atoms with van der Waals surface area (Å²) in [4.78, 5) is 13.8. The van der Waals surface area contributed by atoms with Gasteiger partial charge in [0.05, 0.1) is 7.11 Å². The highest BCUT2D eigenvalue weighted by molar-refractivity contribution is 7.59. The van der Waals surface area contributed by atoms with Crippen LogP contribution in [0.2, 0.25) is 0 Å². The molecule has 1 aromatic carbocycles. The number of rotatable bonds is 2. The van der Waals surface area contributed by atoms with Gasteiger partial charge in [0.25, 0.3) is 0 Å². The summed E-state index contributed by atoms with van der Waals surface area (Å²) in [5.74, 6) is -0.128. The summed E-state index contributed by atoms with van der Waals surface area (Å²) < 4.78 is 4.86. The Balaban J connectivity index is 0.00000144. The van der Waals surface area contributed by atoms with Crippen LogP contribution >= 0.6 is 23.4 Å². The zero-order chi connectivity index (χ0) is 11.5. The van der Waals surface area contributed by atoms with Gasteiger partial charge >= 0.3 is 5.97 Å². The Morgan fingerprint density at radius 3 is 2.56 bits per heavy atom. The second-order valence-electron chi connectivity index (χ2n) is 4.07. The summed E-state index contributed by atoms with van der Waals surface area (Å²) in [6.07, 6.45) is 0.761. The number of carbonyl (C=O) groups is 1. The summed E-state index contributed by atoms with van der Waals surface area (Å²) in [5, 5.41) is 0. The molecule has 0 N–H and O–H groups in total. The van der Waals surface area contributed by atoms with Gasteiger partial charge in [-0.15, -0.1) is 0 Å². The first-order valence-electron chi connectivity index (χ1n) is 5.65. The maximum Gasteiger partial charge on any atom is 0.323 e. The van der Waals surface area contributed by atoms with Gasteiger partial charge in [-0.2, -0.15) is 23.4 Å². The van der Waals surface area contributed by atoms with Crippen molar-refractivity contribution in [1.82, 2.24) is 4.90 Å². The molecule has 102 valence electrons. The zero-order valence-corrected chi connectivity index (χ0v) is 13.4. The van der Waals surface area contributed by atoms with Crippen molar-refractivity contribution < 1.29 is 9.53 Å². The van der Waals surface area contributed by atoms with Gasteiger partial charge in [-0.25, -0.2) is 0 Å². The number of hydrogen-bond acceptors (Lipinski definition) is 3. The van der Waals surface area contributed by atoms with E-state index in [1.54, 1.807) is 0 Å². The highest BCUT2D eigenvalue weighted by Gasteiger charge is 2.30. The minimum Gasteiger partial charge on any atom is -0.468 e. The van der Waals surface area contributed by atoms with Crippen molar-refractivity contribution in [2.24, 2.45) is 0 Å². The first kappa shape index (κ1) is 17.4. The number of esters is 1. The molecule has 0 saturated carbocycles. The second kappa shape index (κ2) is 7.78. The smallest absolute Gasteiger partial charge is 0.323 e. The summed E-state index contributed by atoms with van der Waals surface area (Å²) in [7, 11) is 1.46. The molecule has 1 aliphatic heterocycles. The first-order chi connectivity index (χ1) is 7.76. The van der Waals surface area contributed by atoms with E-state index >= 15 is 0 Å². The van der Waals surface area contributed by atoms with Gasteiger partial charge in [0.1, 0.15) is 6.04 Å². The molecule has 18 heavy (non-hydrogen) atoms. The Morgan fingerprint density at radius 1 is 1.39 bits per heavy atom. The number of methoxy groups -OCH3 is 1. The van der Waals surface area contributed by atoms with Gasteiger partial charge in [0.2, 0.25) is 0 Å². The molecule has 0 bridgehead atoms. The third-order valence-corrected chi connectivity index (χ3v) is 3.23. The van der Waals surface area contributed by atoms with Crippen molar-refractivity contribution >= 4 is 29.4 Å². The number of likely N-dealkylation sites (N-methyl/N-ethyl adjacent to an activating group) is 1. The Morgan fingerprint density at radius 2 is 2.00 bits per heavy atom. The average Bonchev–Trinajstić information content (AvgIpc) is 2.36. The van der Waals surface area contributed by atoms with Crippen LogP contribution in [0.3, 0.4) is 0 Å². The molecule has 0 saturated heterocycles. The number of ether oxygens (including phenoxy) is 1. The second-order valence-corrected chi connectivity index (χ2v) is 4.07. The lowest BCUT2D eigenvalue weighted by Crippen LogP contribution is -2.45. The average molecular weight is 287 g/mol. The van der Waals surface area contributed by atoms with Crippen LogP contribution in [0.4, 0.5) is 0 Å². The normalized spacial score (nSPS) is 18.0. The van der Waals surface area contributed by atoms with Crippen LogP contribution in [-0.2, 0) is 22.5 Å². The van der Waals surface area contributed by atoms with Gasteiger partial charge < -0.3 is 4.74 Å². The molecule has 0 aromatic heterocycles. The molecule has 0 fully saturated rings. The molecular formula is C13H22NO2PS. The Labute approximate surface area is 119 Å². The van der Waals surface area contributed by atoms with Crippen LogP contribution in [-0.4, -0.2) is 30.6 Å². The van der Waals surface area contributed by atoms with E-state index in [2.05, 4.69) is 24.0 Å². The fourth-order valence-corrected chi connectivity index (χ4v) is 2.28. The van der Waals surface area contributed by atoms with Crippen LogP contribution in [0, 0.1) is 0 Å². The zero-order valence-electron chi connectivity index (χ0n) is 11.0. The topological polar surface area (TPSA) is 29.5 Å². The van der Waals surface area contributed by atoms with E-state index in [0.717, 1.165) is 19.5 Å². The lowest BCUT2D eigenvalue weighted by Gasteiger charge is -2.34. The van der Waals surface area contributed by atoms with Crippen molar-refractivity contribution in [3.8, 4) is 0 Å². The highest BCUT2D eigenvalue weighted by Crippen LogP contribution is 2.23. The molecule has 2 unspecified atom stereocenters. The van der Waals surface area contributed by atoms with E-state index in [4.69, 9.17) is 4.74 Å². The molecular weight excluding hydrogens is 265 g/mol. The molecule has 0 radical (unpaired) electrons. The van der Waals surface area contributed by atoms with E-state index in [0.29, 0.717) is 0 Å². The summed E-state index contributed by atoms with van der Waals surface area (Å²) in [6, 6.07) is 8.17. The third-order valence-electron chi connectivity index (χ3n) is 3.23. The van der Waals surface area contributed by atoms with E-state index < -0.39 is 0 Å². The lowest BCUT2D eigenvalue weighted by molar-refractivity contribution is -0.147. The van der Waals surface area contributed by atoms with E-state index in [9.17, 15) is 4.79 Å². The highest BCUT2D eigenvalue weighted by atomic mass is 32.1. The van der Waals surface area contributed by atoms with Gasteiger partial charge in [-0.05, 0) is 24.1 Å². The molecule has 1 heterocycles. The summed E-state index contributed by atoms with van der Waals surface area (Å²) >= 11 is 0. The van der Waals surface area contributed by atoms with Gasteiger partial charge in [-0.3, -0.25) is 9.69 Å². The van der Waals surface area contributed by atoms with Crippen molar-refractivity contribution in [1.29, 1.82) is 0 Å². The molecule has 1 aliphatic rings. The minimum atomic E-state index is -0.128. The Bertz CT molecular complexity index is 400. The fourth-order valence-electron chi connectivity index (χ4n) is 2.28.